The van der Waals surface area contributed by atoms with E-state index in [1.165, 1.54) is 0 Å². The lowest BCUT2D eigenvalue weighted by Crippen LogP contribution is -2.23. The molecule has 0 spiro atoms. The first kappa shape index (κ1) is 17.4. The summed E-state index contributed by atoms with van der Waals surface area (Å²) in [5.41, 5.74) is 2.39. The molecule has 0 aliphatic rings. The molecule has 0 atom stereocenters. The molecule has 0 aliphatic carbocycles. The van der Waals surface area contributed by atoms with Crippen LogP contribution in [0.2, 0.25) is 0 Å². The van der Waals surface area contributed by atoms with Crippen molar-refractivity contribution in [2.24, 2.45) is 0 Å². The van der Waals surface area contributed by atoms with Gasteiger partial charge in [-0.25, -0.2) is 0 Å². The Morgan fingerprint density at radius 2 is 1.88 bits per heavy atom. The molecule has 3 rings (SSSR count). The van der Waals surface area contributed by atoms with Gasteiger partial charge in [0, 0.05) is 11.1 Å². The molecule has 1 amide bonds. The zero-order chi connectivity index (χ0) is 18.4. The summed E-state index contributed by atoms with van der Waals surface area (Å²) >= 11 is 0. The summed E-state index contributed by atoms with van der Waals surface area (Å²) < 4.78 is 10.3. The number of hydrogen-bond acceptors (Lipinski definition) is 5. The van der Waals surface area contributed by atoms with Crippen LogP contribution in [-0.2, 0) is 11.3 Å². The molecule has 2 aromatic carbocycles. The Morgan fingerprint density at radius 1 is 1.15 bits per heavy atom. The quantitative estimate of drug-likeness (QED) is 0.690. The topological polar surface area (TPSA) is 77.3 Å². The van der Waals surface area contributed by atoms with Crippen molar-refractivity contribution in [1.82, 2.24) is 15.5 Å². The Bertz CT molecular complexity index is 900. The molecule has 26 heavy (non-hydrogen) atoms. The lowest BCUT2D eigenvalue weighted by molar-refractivity contribution is -0.117. The number of rotatable bonds is 6. The summed E-state index contributed by atoms with van der Waals surface area (Å²) in [7, 11) is 1.61. The number of hydrogen-bond donors (Lipinski definition) is 1. The van der Waals surface area contributed by atoms with E-state index in [-0.39, 0.29) is 12.5 Å². The minimum Gasteiger partial charge on any atom is -0.497 e. The molecule has 0 radical (unpaired) electrons. The summed E-state index contributed by atoms with van der Waals surface area (Å²) in [5.74, 6) is 1.38. The van der Waals surface area contributed by atoms with E-state index in [0.29, 0.717) is 17.3 Å². The van der Waals surface area contributed by atoms with Gasteiger partial charge in [0.25, 0.3) is 0 Å². The minimum absolute atomic E-state index is 0.169. The van der Waals surface area contributed by atoms with Crippen LogP contribution in [0.4, 0.5) is 0 Å². The number of amides is 1. The SMILES string of the molecule is COc1ccc(-c2noc(CNC(=O)/C(C)=C/c3ccccc3)n2)cc1. The van der Waals surface area contributed by atoms with Crippen molar-refractivity contribution < 1.29 is 14.1 Å². The third kappa shape index (κ3) is 4.36. The number of ether oxygens (including phenoxy) is 1. The van der Waals surface area contributed by atoms with Gasteiger partial charge in [-0.15, -0.1) is 0 Å². The molecule has 6 heteroatoms. The van der Waals surface area contributed by atoms with Crippen molar-refractivity contribution in [2.75, 3.05) is 7.11 Å². The Balaban J connectivity index is 1.60. The van der Waals surface area contributed by atoms with Gasteiger partial charge in [-0.3, -0.25) is 4.79 Å². The number of carbonyl (C=O) groups is 1. The second kappa shape index (κ2) is 8.11. The van der Waals surface area contributed by atoms with Gasteiger partial charge in [-0.2, -0.15) is 4.98 Å². The second-order valence-electron chi connectivity index (χ2n) is 5.66. The van der Waals surface area contributed by atoms with Gasteiger partial charge >= 0.3 is 0 Å². The van der Waals surface area contributed by atoms with Crippen LogP contribution >= 0.6 is 0 Å². The maximum atomic E-state index is 12.2. The predicted octanol–water partition coefficient (Wildman–Crippen LogP) is 3.46. The van der Waals surface area contributed by atoms with Crippen LogP contribution < -0.4 is 10.1 Å². The highest BCUT2D eigenvalue weighted by Gasteiger charge is 2.11. The zero-order valence-electron chi connectivity index (χ0n) is 14.6. The fourth-order valence-corrected chi connectivity index (χ4v) is 2.34. The number of methoxy groups -OCH3 is 1. The Kier molecular flexibility index (Phi) is 5.43. The van der Waals surface area contributed by atoms with Crippen LogP contribution in [0.15, 0.2) is 64.7 Å². The van der Waals surface area contributed by atoms with E-state index in [0.717, 1.165) is 16.9 Å². The minimum atomic E-state index is -0.182. The molecule has 6 nitrogen and oxygen atoms in total. The van der Waals surface area contributed by atoms with Crippen molar-refractivity contribution in [3.8, 4) is 17.1 Å². The first-order chi connectivity index (χ1) is 12.7. The number of nitrogens with one attached hydrogen (secondary N) is 1. The molecule has 0 unspecified atom stereocenters. The largest absolute Gasteiger partial charge is 0.497 e. The van der Waals surface area contributed by atoms with Crippen molar-refractivity contribution >= 4 is 12.0 Å². The van der Waals surface area contributed by atoms with Crippen LogP contribution in [0, 0.1) is 0 Å². The van der Waals surface area contributed by atoms with E-state index >= 15 is 0 Å². The smallest absolute Gasteiger partial charge is 0.247 e. The molecular formula is C20H19N3O3. The number of carbonyl (C=O) groups excluding carboxylic acids is 1. The maximum Gasteiger partial charge on any atom is 0.247 e. The fraction of sp³-hybridized carbons (Fsp3) is 0.150. The summed E-state index contributed by atoms with van der Waals surface area (Å²) in [4.78, 5) is 16.5. The Labute approximate surface area is 151 Å². The van der Waals surface area contributed by atoms with Crippen LogP contribution in [0.1, 0.15) is 18.4 Å². The molecule has 1 heterocycles. The molecule has 0 saturated heterocycles. The van der Waals surface area contributed by atoms with Crippen LogP contribution in [0.25, 0.3) is 17.5 Å². The van der Waals surface area contributed by atoms with Gasteiger partial charge < -0.3 is 14.6 Å². The first-order valence-corrected chi connectivity index (χ1v) is 8.14. The van der Waals surface area contributed by atoms with Crippen molar-refractivity contribution in [2.45, 2.75) is 13.5 Å². The van der Waals surface area contributed by atoms with Crippen LogP contribution in [0.3, 0.4) is 0 Å². The highest BCUT2D eigenvalue weighted by Crippen LogP contribution is 2.19. The molecule has 0 saturated carbocycles. The van der Waals surface area contributed by atoms with E-state index in [1.807, 2.05) is 60.7 Å². The first-order valence-electron chi connectivity index (χ1n) is 8.14. The second-order valence-corrected chi connectivity index (χ2v) is 5.66. The average Bonchev–Trinajstić information content (AvgIpc) is 3.16. The molecule has 3 aromatic rings. The van der Waals surface area contributed by atoms with E-state index in [2.05, 4.69) is 15.5 Å². The monoisotopic (exact) mass is 349 g/mol. The highest BCUT2D eigenvalue weighted by molar-refractivity contribution is 5.97. The summed E-state index contributed by atoms with van der Waals surface area (Å²) in [6, 6.07) is 17.0. The van der Waals surface area contributed by atoms with Gasteiger partial charge in [0.2, 0.25) is 17.6 Å². The van der Waals surface area contributed by atoms with E-state index < -0.39 is 0 Å². The number of nitrogens with zero attached hydrogens (tertiary/aromatic N) is 2. The highest BCUT2D eigenvalue weighted by atomic mass is 16.5. The Morgan fingerprint density at radius 3 is 2.58 bits per heavy atom. The van der Waals surface area contributed by atoms with E-state index in [4.69, 9.17) is 9.26 Å². The van der Waals surface area contributed by atoms with Crippen LogP contribution in [0.5, 0.6) is 5.75 Å². The summed E-state index contributed by atoms with van der Waals surface area (Å²) in [6.45, 7) is 1.93. The zero-order valence-corrected chi connectivity index (χ0v) is 14.6. The number of aromatic nitrogens is 2. The van der Waals surface area contributed by atoms with Gasteiger partial charge in [0.05, 0.1) is 13.7 Å². The van der Waals surface area contributed by atoms with Gasteiger partial charge in [0.15, 0.2) is 0 Å². The molecule has 0 aliphatic heterocycles. The van der Waals surface area contributed by atoms with Crippen molar-refractivity contribution in [1.29, 1.82) is 0 Å². The predicted molar refractivity (Wildman–Crippen MR) is 98.2 cm³/mol. The maximum absolute atomic E-state index is 12.2. The molecule has 1 N–H and O–H groups in total. The summed E-state index contributed by atoms with van der Waals surface area (Å²) in [5, 5.41) is 6.72. The van der Waals surface area contributed by atoms with Crippen molar-refractivity contribution in [3.05, 3.63) is 71.6 Å². The third-order valence-corrected chi connectivity index (χ3v) is 3.76. The number of benzene rings is 2. The normalized spacial score (nSPS) is 11.2. The summed E-state index contributed by atoms with van der Waals surface area (Å²) in [6.07, 6.45) is 1.83. The van der Waals surface area contributed by atoms with Gasteiger partial charge in [0.1, 0.15) is 5.75 Å². The van der Waals surface area contributed by atoms with Gasteiger partial charge in [-0.05, 0) is 42.8 Å². The fourth-order valence-electron chi connectivity index (χ4n) is 2.34. The molecule has 1 aromatic heterocycles. The lowest BCUT2D eigenvalue weighted by atomic mass is 10.1. The molecular weight excluding hydrogens is 330 g/mol. The molecule has 0 fully saturated rings. The molecule has 132 valence electrons. The lowest BCUT2D eigenvalue weighted by Gasteiger charge is -2.02. The Hall–Kier alpha value is -3.41. The van der Waals surface area contributed by atoms with E-state index in [1.54, 1.807) is 14.0 Å². The average molecular weight is 349 g/mol. The molecule has 0 bridgehead atoms. The standard InChI is InChI=1S/C20H19N3O3/c1-14(12-15-6-4-3-5-7-15)20(24)21-13-18-22-19(23-26-18)16-8-10-17(25-2)11-9-16/h3-12H,13H2,1-2H3,(H,21,24)/b14-12+. The van der Waals surface area contributed by atoms with Crippen LogP contribution in [-0.4, -0.2) is 23.2 Å². The third-order valence-electron chi connectivity index (χ3n) is 3.76. The van der Waals surface area contributed by atoms with Crippen molar-refractivity contribution in [3.63, 3.8) is 0 Å². The van der Waals surface area contributed by atoms with E-state index in [9.17, 15) is 4.79 Å². The van der Waals surface area contributed by atoms with Gasteiger partial charge in [-0.1, -0.05) is 35.5 Å².